The van der Waals surface area contributed by atoms with Crippen molar-refractivity contribution in [2.75, 3.05) is 0 Å². The molecule has 0 saturated heterocycles. The predicted molar refractivity (Wildman–Crippen MR) is 57.2 cm³/mol. The van der Waals surface area contributed by atoms with Gasteiger partial charge < -0.3 is 4.98 Å². The van der Waals surface area contributed by atoms with Gasteiger partial charge in [-0.2, -0.15) is 0 Å². The second-order valence-electron chi connectivity index (χ2n) is 3.50. The van der Waals surface area contributed by atoms with Gasteiger partial charge in [0.1, 0.15) is 0 Å². The van der Waals surface area contributed by atoms with Gasteiger partial charge in [0.2, 0.25) is 5.56 Å². The molecule has 0 aliphatic heterocycles. The number of hydrogen-bond donors (Lipinski definition) is 1. The summed E-state index contributed by atoms with van der Waals surface area (Å²) in [6.07, 6.45) is 1.47. The van der Waals surface area contributed by atoms with E-state index in [1.165, 1.54) is 24.4 Å². The first kappa shape index (κ1) is 10.5. The molecule has 0 radical (unpaired) electrons. The van der Waals surface area contributed by atoms with E-state index in [-0.39, 0.29) is 11.1 Å². The van der Waals surface area contributed by atoms with Crippen molar-refractivity contribution in [2.45, 2.75) is 6.92 Å². The Labute approximate surface area is 90.6 Å². The Hall–Kier alpha value is -1.97. The van der Waals surface area contributed by atoms with Crippen LogP contribution in [0.15, 0.2) is 35.3 Å². The van der Waals surface area contributed by atoms with Gasteiger partial charge in [0, 0.05) is 17.8 Å². The fraction of sp³-hybridized carbons (Fsp3) is 0.0833. The van der Waals surface area contributed by atoms with E-state index in [0.717, 1.165) is 6.07 Å². The van der Waals surface area contributed by atoms with Gasteiger partial charge in [-0.05, 0) is 24.1 Å². The van der Waals surface area contributed by atoms with Gasteiger partial charge >= 0.3 is 0 Å². The van der Waals surface area contributed by atoms with Crippen molar-refractivity contribution in [1.29, 1.82) is 0 Å². The third kappa shape index (κ3) is 1.74. The van der Waals surface area contributed by atoms with Crippen LogP contribution in [0.1, 0.15) is 5.56 Å². The maximum absolute atomic E-state index is 13.5. The molecule has 4 heteroatoms. The molecule has 0 aliphatic carbocycles. The average Bonchev–Trinajstić information content (AvgIpc) is 2.26. The summed E-state index contributed by atoms with van der Waals surface area (Å²) >= 11 is 0. The zero-order valence-corrected chi connectivity index (χ0v) is 8.55. The number of nitrogens with one attached hydrogen (secondary N) is 1. The summed E-state index contributed by atoms with van der Waals surface area (Å²) in [6, 6.07) is 5.16. The minimum Gasteiger partial charge on any atom is -0.329 e. The third-order valence-corrected chi connectivity index (χ3v) is 2.37. The quantitative estimate of drug-likeness (QED) is 0.788. The minimum atomic E-state index is -0.934. The minimum absolute atomic E-state index is 0.101. The van der Waals surface area contributed by atoms with Crippen LogP contribution in [0.3, 0.4) is 0 Å². The van der Waals surface area contributed by atoms with E-state index in [9.17, 15) is 13.6 Å². The molecule has 2 rings (SSSR count). The first-order chi connectivity index (χ1) is 7.59. The van der Waals surface area contributed by atoms with Gasteiger partial charge in [-0.3, -0.25) is 4.79 Å². The second kappa shape index (κ2) is 3.89. The topological polar surface area (TPSA) is 32.9 Å². The first-order valence-corrected chi connectivity index (χ1v) is 4.73. The van der Waals surface area contributed by atoms with Crippen LogP contribution in [0.2, 0.25) is 0 Å². The lowest BCUT2D eigenvalue weighted by molar-refractivity contribution is 0.511. The average molecular weight is 221 g/mol. The van der Waals surface area contributed by atoms with Gasteiger partial charge in [-0.1, -0.05) is 12.1 Å². The van der Waals surface area contributed by atoms with Crippen LogP contribution in [0.5, 0.6) is 0 Å². The van der Waals surface area contributed by atoms with Crippen molar-refractivity contribution in [3.05, 3.63) is 58.0 Å². The molecule has 1 heterocycles. The Morgan fingerprint density at radius 1 is 1.19 bits per heavy atom. The maximum Gasteiger partial charge on any atom is 0.248 e. The highest BCUT2D eigenvalue weighted by atomic mass is 19.2. The largest absolute Gasteiger partial charge is 0.329 e. The molecule has 1 N–H and O–H groups in total. The summed E-state index contributed by atoms with van der Waals surface area (Å²) in [5.41, 5.74) is 0.845. The highest BCUT2D eigenvalue weighted by Gasteiger charge is 2.11. The van der Waals surface area contributed by atoms with Gasteiger partial charge in [0.15, 0.2) is 11.6 Å². The molecule has 82 valence electrons. The molecule has 0 saturated carbocycles. The molecular formula is C12H9F2NO. The molecule has 0 bridgehead atoms. The summed E-state index contributed by atoms with van der Waals surface area (Å²) in [5.74, 6) is -1.85. The molecule has 0 unspecified atom stereocenters. The van der Waals surface area contributed by atoms with Crippen molar-refractivity contribution in [1.82, 2.24) is 4.98 Å². The molecule has 0 fully saturated rings. The number of aromatic nitrogens is 1. The molecule has 0 atom stereocenters. The van der Waals surface area contributed by atoms with E-state index < -0.39 is 11.6 Å². The van der Waals surface area contributed by atoms with Crippen LogP contribution in [0.4, 0.5) is 8.78 Å². The molecule has 1 aromatic carbocycles. The highest BCUT2D eigenvalue weighted by molar-refractivity contribution is 5.67. The fourth-order valence-corrected chi connectivity index (χ4v) is 1.55. The summed E-state index contributed by atoms with van der Waals surface area (Å²) in [5, 5.41) is 0. The number of pyridine rings is 1. The van der Waals surface area contributed by atoms with Crippen LogP contribution in [0, 0.1) is 18.6 Å². The van der Waals surface area contributed by atoms with Gasteiger partial charge in [0.25, 0.3) is 0 Å². The maximum atomic E-state index is 13.5. The third-order valence-electron chi connectivity index (χ3n) is 2.37. The lowest BCUT2D eigenvalue weighted by Crippen LogP contribution is -2.05. The van der Waals surface area contributed by atoms with Crippen LogP contribution in [-0.2, 0) is 0 Å². The van der Waals surface area contributed by atoms with Gasteiger partial charge in [-0.25, -0.2) is 8.78 Å². The van der Waals surface area contributed by atoms with Crippen molar-refractivity contribution >= 4 is 0 Å². The molecule has 0 amide bonds. The van der Waals surface area contributed by atoms with E-state index in [4.69, 9.17) is 0 Å². The van der Waals surface area contributed by atoms with E-state index in [2.05, 4.69) is 4.98 Å². The zero-order chi connectivity index (χ0) is 11.7. The van der Waals surface area contributed by atoms with E-state index in [1.807, 2.05) is 0 Å². The lowest BCUT2D eigenvalue weighted by atomic mass is 10.0. The van der Waals surface area contributed by atoms with Gasteiger partial charge in [0.05, 0.1) is 0 Å². The monoisotopic (exact) mass is 221 g/mol. The highest BCUT2D eigenvalue weighted by Crippen LogP contribution is 2.25. The summed E-state index contributed by atoms with van der Waals surface area (Å²) in [7, 11) is 0. The fourth-order valence-electron chi connectivity index (χ4n) is 1.55. The summed E-state index contributed by atoms with van der Waals surface area (Å²) in [6.45, 7) is 1.72. The zero-order valence-electron chi connectivity index (χ0n) is 8.55. The van der Waals surface area contributed by atoms with Crippen LogP contribution in [-0.4, -0.2) is 4.98 Å². The van der Waals surface area contributed by atoms with Crippen molar-refractivity contribution in [3.63, 3.8) is 0 Å². The van der Waals surface area contributed by atoms with E-state index in [1.54, 1.807) is 6.92 Å². The Morgan fingerprint density at radius 3 is 2.69 bits per heavy atom. The number of halogens is 2. The molecule has 2 aromatic rings. The van der Waals surface area contributed by atoms with Crippen molar-refractivity contribution in [3.8, 4) is 11.1 Å². The Balaban J connectivity index is 2.72. The molecule has 1 aromatic heterocycles. The van der Waals surface area contributed by atoms with Crippen molar-refractivity contribution in [2.24, 2.45) is 0 Å². The van der Waals surface area contributed by atoms with Crippen molar-refractivity contribution < 1.29 is 8.78 Å². The summed E-state index contributed by atoms with van der Waals surface area (Å²) in [4.78, 5) is 13.6. The van der Waals surface area contributed by atoms with Gasteiger partial charge in [-0.15, -0.1) is 0 Å². The number of aryl methyl sites for hydroxylation is 1. The first-order valence-electron chi connectivity index (χ1n) is 4.73. The molecule has 2 nitrogen and oxygen atoms in total. The number of hydrogen-bond acceptors (Lipinski definition) is 1. The number of benzene rings is 1. The van der Waals surface area contributed by atoms with E-state index in [0.29, 0.717) is 11.1 Å². The lowest BCUT2D eigenvalue weighted by Gasteiger charge is -2.06. The molecule has 0 aliphatic rings. The van der Waals surface area contributed by atoms with Crippen LogP contribution < -0.4 is 5.56 Å². The summed E-state index contributed by atoms with van der Waals surface area (Å²) < 4.78 is 26.5. The Morgan fingerprint density at radius 2 is 1.94 bits per heavy atom. The Bertz CT molecular complexity index is 590. The molecule has 16 heavy (non-hydrogen) atoms. The number of rotatable bonds is 1. The SMILES string of the molecule is Cc1c[nH]c(=O)cc1-c1cccc(F)c1F. The molecular weight excluding hydrogens is 212 g/mol. The second-order valence-corrected chi connectivity index (χ2v) is 3.50. The van der Waals surface area contributed by atoms with Crippen LogP contribution in [0.25, 0.3) is 11.1 Å². The Kier molecular flexibility index (Phi) is 2.56. The molecule has 0 spiro atoms. The predicted octanol–water partition coefficient (Wildman–Crippen LogP) is 2.63. The number of aromatic amines is 1. The van der Waals surface area contributed by atoms with Crippen LogP contribution >= 0.6 is 0 Å². The standard InChI is InChI=1S/C12H9F2NO/c1-7-6-15-11(16)5-9(7)8-3-2-4-10(13)12(8)14/h2-6H,1H3,(H,15,16). The normalized spacial score (nSPS) is 10.4. The smallest absolute Gasteiger partial charge is 0.248 e. The number of H-pyrrole nitrogens is 1. The van der Waals surface area contributed by atoms with E-state index >= 15 is 0 Å².